The third-order valence-corrected chi connectivity index (χ3v) is 2.92. The highest BCUT2D eigenvalue weighted by Gasteiger charge is 2.11. The van der Waals surface area contributed by atoms with Crippen molar-refractivity contribution in [1.82, 2.24) is 0 Å². The third-order valence-electron chi connectivity index (χ3n) is 2.25. The van der Waals surface area contributed by atoms with Gasteiger partial charge in [0.15, 0.2) is 0 Å². The number of thiocarbonyl (C=S) groups is 2. The number of allylic oxidation sites excluding steroid dienone is 8. The summed E-state index contributed by atoms with van der Waals surface area (Å²) in [5.74, 6) is 0. The Morgan fingerprint density at radius 1 is 1.07 bits per heavy atom. The lowest BCUT2D eigenvalue weighted by Crippen LogP contribution is -2.06. The lowest BCUT2D eigenvalue weighted by atomic mass is 9.93. The van der Waals surface area contributed by atoms with Crippen LogP contribution in [0.15, 0.2) is 47.6 Å². The molecule has 0 amide bonds. The van der Waals surface area contributed by atoms with Gasteiger partial charge in [-0.15, -0.1) is 0 Å². The normalized spacial score (nSPS) is 20.9. The fraction of sp³-hybridized carbons (Fsp3) is 0.167. The number of hydrogen-bond donors (Lipinski definition) is 0. The summed E-state index contributed by atoms with van der Waals surface area (Å²) in [7, 11) is 0. The number of rotatable bonds is 1. The lowest BCUT2D eigenvalue weighted by Gasteiger charge is -2.14. The van der Waals surface area contributed by atoms with Crippen molar-refractivity contribution in [3.05, 3.63) is 47.6 Å². The van der Waals surface area contributed by atoms with Crippen LogP contribution in [0.3, 0.4) is 0 Å². The molecule has 0 aromatic carbocycles. The van der Waals surface area contributed by atoms with E-state index in [1.807, 2.05) is 6.08 Å². The van der Waals surface area contributed by atoms with E-state index in [4.69, 9.17) is 24.4 Å². The zero-order valence-corrected chi connectivity index (χ0v) is 9.33. The van der Waals surface area contributed by atoms with Crippen molar-refractivity contribution in [2.45, 2.75) is 12.8 Å². The largest absolute Gasteiger partial charge is 0.0846 e. The van der Waals surface area contributed by atoms with Gasteiger partial charge in [0.1, 0.15) is 0 Å². The second-order valence-electron chi connectivity index (χ2n) is 3.31. The molecule has 0 N–H and O–H groups in total. The highest BCUT2D eigenvalue weighted by Crippen LogP contribution is 2.22. The van der Waals surface area contributed by atoms with Gasteiger partial charge in [-0.05, 0) is 17.2 Å². The summed E-state index contributed by atoms with van der Waals surface area (Å²) in [4.78, 5) is 1.99. The summed E-state index contributed by atoms with van der Waals surface area (Å²) in [6.45, 7) is 0. The Bertz CT molecular complexity index is 406. The molecule has 2 rings (SSSR count). The Hall–Kier alpha value is -0.860. The fourth-order valence-corrected chi connectivity index (χ4v) is 2.05. The quantitative estimate of drug-likeness (QED) is 0.618. The maximum atomic E-state index is 5.31. The van der Waals surface area contributed by atoms with Crippen molar-refractivity contribution < 1.29 is 0 Å². The molecule has 0 saturated heterocycles. The summed E-state index contributed by atoms with van der Waals surface area (Å²) >= 11 is 10.5. The molecule has 2 heteroatoms. The highest BCUT2D eigenvalue weighted by molar-refractivity contribution is 7.81. The molecule has 0 nitrogen and oxygen atoms in total. The van der Waals surface area contributed by atoms with Gasteiger partial charge in [0.05, 0.1) is 0 Å². The zero-order valence-electron chi connectivity index (χ0n) is 7.69. The molecule has 0 bridgehead atoms. The summed E-state index contributed by atoms with van der Waals surface area (Å²) < 4.78 is 0. The van der Waals surface area contributed by atoms with Crippen molar-refractivity contribution in [2.24, 2.45) is 0 Å². The smallest absolute Gasteiger partial charge is 0.0268 e. The Labute approximate surface area is 94.7 Å². The summed E-state index contributed by atoms with van der Waals surface area (Å²) in [5, 5.41) is 0. The van der Waals surface area contributed by atoms with E-state index in [0.29, 0.717) is 0 Å². The molecule has 0 radical (unpaired) electrons. The summed E-state index contributed by atoms with van der Waals surface area (Å²) in [5.41, 5.74) is 2.32. The molecular formula is C12H10S2. The predicted octanol–water partition coefficient (Wildman–Crippen LogP) is 3.50. The van der Waals surface area contributed by atoms with Crippen LogP contribution >= 0.6 is 24.4 Å². The Morgan fingerprint density at radius 3 is 2.64 bits per heavy atom. The monoisotopic (exact) mass is 218 g/mol. The molecule has 0 saturated carbocycles. The molecule has 0 unspecified atom stereocenters. The van der Waals surface area contributed by atoms with Crippen molar-refractivity contribution in [3.63, 3.8) is 0 Å². The van der Waals surface area contributed by atoms with Crippen molar-refractivity contribution >= 4 is 34.2 Å². The number of hydrogen-bond acceptors (Lipinski definition) is 2. The van der Waals surface area contributed by atoms with Crippen LogP contribution in [0.25, 0.3) is 0 Å². The van der Waals surface area contributed by atoms with Crippen LogP contribution in [0.2, 0.25) is 0 Å². The van der Waals surface area contributed by atoms with Crippen LogP contribution < -0.4 is 0 Å². The van der Waals surface area contributed by atoms with Crippen LogP contribution in [0.1, 0.15) is 12.8 Å². The molecule has 2 aliphatic rings. The molecule has 0 spiro atoms. The highest BCUT2D eigenvalue weighted by atomic mass is 32.1. The first-order chi connectivity index (χ1) is 6.77. The van der Waals surface area contributed by atoms with E-state index in [9.17, 15) is 0 Å². The van der Waals surface area contributed by atoms with Gasteiger partial charge in [0, 0.05) is 22.6 Å². The maximum absolute atomic E-state index is 5.31. The van der Waals surface area contributed by atoms with Gasteiger partial charge in [-0.2, -0.15) is 0 Å². The van der Waals surface area contributed by atoms with Gasteiger partial charge >= 0.3 is 0 Å². The van der Waals surface area contributed by atoms with Crippen LogP contribution in [-0.4, -0.2) is 9.73 Å². The van der Waals surface area contributed by atoms with Gasteiger partial charge in [-0.25, -0.2) is 0 Å². The van der Waals surface area contributed by atoms with E-state index >= 15 is 0 Å². The predicted molar refractivity (Wildman–Crippen MR) is 68.9 cm³/mol. The first-order valence-corrected chi connectivity index (χ1v) is 5.40. The first kappa shape index (κ1) is 9.69. The van der Waals surface area contributed by atoms with Gasteiger partial charge in [-0.3, -0.25) is 0 Å². The summed E-state index contributed by atoms with van der Waals surface area (Å²) in [6, 6.07) is 0. The summed E-state index contributed by atoms with van der Waals surface area (Å²) in [6.07, 6.45) is 14.2. The SMILES string of the molecule is S=C1C=C(C2=CC=CCC2=S)C=CC1. The molecule has 0 heterocycles. The second-order valence-corrected chi connectivity index (χ2v) is 4.33. The van der Waals surface area contributed by atoms with Gasteiger partial charge in [0.25, 0.3) is 0 Å². The molecule has 0 atom stereocenters. The Kier molecular flexibility index (Phi) is 2.85. The van der Waals surface area contributed by atoms with Crippen molar-refractivity contribution in [1.29, 1.82) is 0 Å². The first-order valence-electron chi connectivity index (χ1n) is 4.59. The molecule has 0 aromatic heterocycles. The average Bonchev–Trinajstić information content (AvgIpc) is 2.18. The minimum atomic E-state index is 0.874. The third kappa shape index (κ3) is 1.97. The fourth-order valence-electron chi connectivity index (χ4n) is 1.55. The minimum Gasteiger partial charge on any atom is -0.0846 e. The minimum absolute atomic E-state index is 0.874. The maximum Gasteiger partial charge on any atom is 0.0268 e. The molecule has 14 heavy (non-hydrogen) atoms. The lowest BCUT2D eigenvalue weighted by molar-refractivity contribution is 1.40. The van der Waals surface area contributed by atoms with Crippen molar-refractivity contribution in [3.8, 4) is 0 Å². The Morgan fingerprint density at radius 2 is 1.93 bits per heavy atom. The van der Waals surface area contributed by atoms with E-state index in [0.717, 1.165) is 33.7 Å². The van der Waals surface area contributed by atoms with Crippen LogP contribution in [-0.2, 0) is 0 Å². The van der Waals surface area contributed by atoms with Gasteiger partial charge < -0.3 is 0 Å². The van der Waals surface area contributed by atoms with Gasteiger partial charge in [0.2, 0.25) is 0 Å². The molecule has 70 valence electrons. The van der Waals surface area contributed by atoms with Gasteiger partial charge in [-0.1, -0.05) is 54.8 Å². The molecular weight excluding hydrogens is 208 g/mol. The van der Waals surface area contributed by atoms with Crippen LogP contribution in [0, 0.1) is 0 Å². The van der Waals surface area contributed by atoms with Crippen molar-refractivity contribution in [2.75, 3.05) is 0 Å². The zero-order chi connectivity index (χ0) is 9.97. The topological polar surface area (TPSA) is 0 Å². The molecule has 0 aliphatic heterocycles. The van der Waals surface area contributed by atoms with E-state index in [-0.39, 0.29) is 0 Å². The average molecular weight is 218 g/mol. The Balaban J connectivity index is 2.35. The molecule has 2 aliphatic carbocycles. The second kappa shape index (κ2) is 4.11. The van der Waals surface area contributed by atoms with E-state index < -0.39 is 0 Å². The van der Waals surface area contributed by atoms with Crippen LogP contribution in [0.4, 0.5) is 0 Å². The standard InChI is InChI=1S/C12H10S2/c13-10-5-3-4-9(8-10)11-6-1-2-7-12(11)14/h1-4,6,8H,5,7H2. The van der Waals surface area contributed by atoms with E-state index in [2.05, 4.69) is 30.4 Å². The van der Waals surface area contributed by atoms with E-state index in [1.54, 1.807) is 0 Å². The van der Waals surface area contributed by atoms with Crippen LogP contribution in [0.5, 0.6) is 0 Å². The molecule has 0 fully saturated rings. The van der Waals surface area contributed by atoms with E-state index in [1.165, 1.54) is 0 Å². The molecule has 0 aromatic rings.